The van der Waals surface area contributed by atoms with Crippen molar-refractivity contribution in [3.63, 3.8) is 0 Å². The Labute approximate surface area is 268 Å². The first kappa shape index (κ1) is 31.1. The molecule has 0 radical (unpaired) electrons. The molecule has 1 unspecified atom stereocenters. The molecule has 244 valence electrons. The number of nitrogens with one attached hydrogen (secondary N) is 1. The molecule has 1 amide bonds. The summed E-state index contributed by atoms with van der Waals surface area (Å²) in [5.74, 6) is 0.178. The van der Waals surface area contributed by atoms with Gasteiger partial charge in [0.05, 0.1) is 18.1 Å². The first-order valence-electron chi connectivity index (χ1n) is 15.9. The molecule has 2 aromatic heterocycles. The van der Waals surface area contributed by atoms with Crippen molar-refractivity contribution >= 4 is 22.9 Å². The Morgan fingerprint density at radius 3 is 2.49 bits per heavy atom. The van der Waals surface area contributed by atoms with Crippen LogP contribution in [0.15, 0.2) is 71.5 Å². The van der Waals surface area contributed by atoms with Gasteiger partial charge < -0.3 is 15.2 Å². The van der Waals surface area contributed by atoms with E-state index in [2.05, 4.69) is 10.3 Å². The fourth-order valence-corrected chi connectivity index (χ4v) is 8.30. The number of rotatable bonds is 6. The zero-order chi connectivity index (χ0) is 33.1. The van der Waals surface area contributed by atoms with Gasteiger partial charge in [0.15, 0.2) is 5.43 Å². The molecule has 5 atom stereocenters. The lowest BCUT2D eigenvalue weighted by molar-refractivity contribution is -0.141. The molecule has 3 bridgehead atoms. The van der Waals surface area contributed by atoms with Crippen LogP contribution in [-0.2, 0) is 17.3 Å². The molecule has 3 fully saturated rings. The molecule has 0 aliphatic heterocycles. The summed E-state index contributed by atoms with van der Waals surface area (Å²) in [6.07, 6.45) is 0.394. The van der Waals surface area contributed by atoms with Crippen molar-refractivity contribution in [3.8, 4) is 5.69 Å². The number of halogens is 3. The number of nitrogens with zero attached hydrogens (tertiary/aromatic N) is 2. The minimum Gasteiger partial charge on any atom is -0.464 e. The van der Waals surface area contributed by atoms with Crippen LogP contribution in [0.2, 0.25) is 0 Å². The lowest BCUT2D eigenvalue weighted by Gasteiger charge is -2.35. The van der Waals surface area contributed by atoms with Gasteiger partial charge in [-0.15, -0.1) is 0 Å². The Balaban J connectivity index is 1.22. The molecule has 3 aliphatic rings. The highest BCUT2D eigenvalue weighted by molar-refractivity contribution is 5.95. The van der Waals surface area contributed by atoms with Crippen LogP contribution in [0.3, 0.4) is 0 Å². The van der Waals surface area contributed by atoms with Crippen LogP contribution in [-0.4, -0.2) is 45.3 Å². The molecule has 2 aromatic carbocycles. The van der Waals surface area contributed by atoms with E-state index in [1.54, 1.807) is 54.6 Å². The number of alkyl halides is 3. The molecule has 2 heterocycles. The second-order valence-corrected chi connectivity index (χ2v) is 13.3. The van der Waals surface area contributed by atoms with Crippen molar-refractivity contribution in [2.45, 2.75) is 62.8 Å². The predicted octanol–water partition coefficient (Wildman–Crippen LogP) is 5.84. The monoisotopic (exact) mass is 645 g/mol. The number of benzene rings is 2. The summed E-state index contributed by atoms with van der Waals surface area (Å²) >= 11 is 0. The predicted molar refractivity (Wildman–Crippen MR) is 167 cm³/mol. The second-order valence-electron chi connectivity index (χ2n) is 13.3. The van der Waals surface area contributed by atoms with E-state index >= 15 is 0 Å². The van der Waals surface area contributed by atoms with E-state index < -0.39 is 28.9 Å². The highest BCUT2D eigenvalue weighted by atomic mass is 19.4. The van der Waals surface area contributed by atoms with Crippen molar-refractivity contribution in [1.82, 2.24) is 14.9 Å². The summed E-state index contributed by atoms with van der Waals surface area (Å²) < 4.78 is 47.3. The van der Waals surface area contributed by atoms with Gasteiger partial charge in [0.25, 0.3) is 5.91 Å². The van der Waals surface area contributed by atoms with E-state index in [4.69, 9.17) is 4.74 Å². The summed E-state index contributed by atoms with van der Waals surface area (Å²) in [4.78, 5) is 44.3. The normalized spacial score (nSPS) is 25.0. The number of ether oxygens (including phenoxy) is 1. The van der Waals surface area contributed by atoms with Crippen LogP contribution in [0, 0.1) is 17.8 Å². The number of aliphatic hydroxyl groups is 1. The Morgan fingerprint density at radius 2 is 1.79 bits per heavy atom. The molecule has 8 nitrogen and oxygen atoms in total. The number of esters is 1. The fraction of sp³-hybridized carbons (Fsp3) is 0.389. The standard InChI is InChI=1S/C36H34F3N3O5/c1-47-34(45)30-27(31(43)25-11-12-29(36(37,38)39)41-32(25)42(30)24-5-3-2-4-6-24)16-20-7-9-22(10-8-20)33(44)40-28-13-14-35(46)18-21-15-23(19-35)26(28)17-21/h2-12,21,23,26,28,46H,13-19H2,1H3,(H,40,44)/t21-,23?,26+,28-,35+/m1/s1. The van der Waals surface area contributed by atoms with E-state index in [0.29, 0.717) is 41.0 Å². The Bertz CT molecular complexity index is 1930. The maximum absolute atomic E-state index is 13.9. The topological polar surface area (TPSA) is 111 Å². The van der Waals surface area contributed by atoms with Gasteiger partial charge in [-0.1, -0.05) is 30.3 Å². The number of para-hydroxylation sites is 1. The minimum absolute atomic E-state index is 0.00496. The van der Waals surface area contributed by atoms with Crippen LogP contribution >= 0.6 is 0 Å². The molecule has 0 saturated heterocycles. The fourth-order valence-electron chi connectivity index (χ4n) is 8.30. The molecule has 47 heavy (non-hydrogen) atoms. The Morgan fingerprint density at radius 1 is 1.04 bits per heavy atom. The number of carbonyl (C=O) groups is 2. The minimum atomic E-state index is -4.78. The quantitative estimate of drug-likeness (QED) is 0.255. The van der Waals surface area contributed by atoms with Gasteiger partial charge in [-0.2, -0.15) is 13.2 Å². The summed E-state index contributed by atoms with van der Waals surface area (Å²) in [5.41, 5.74) is -1.63. The van der Waals surface area contributed by atoms with Crippen molar-refractivity contribution in [1.29, 1.82) is 0 Å². The van der Waals surface area contributed by atoms with Gasteiger partial charge >= 0.3 is 12.1 Å². The zero-order valence-corrected chi connectivity index (χ0v) is 25.7. The Hall–Kier alpha value is -4.51. The van der Waals surface area contributed by atoms with Gasteiger partial charge in [0.2, 0.25) is 0 Å². The SMILES string of the molecule is COC(=O)c1c(Cc2ccc(C(=O)N[C@@H]3CC[C@@]4(O)CC5C[C@H](C[C@@H]53)C4)cc2)c(=O)c2ccc(C(F)(F)F)nc2n1-c1ccccc1. The molecular formula is C36H34F3N3O5. The van der Waals surface area contributed by atoms with Gasteiger partial charge in [-0.25, -0.2) is 9.78 Å². The lowest BCUT2D eigenvalue weighted by atomic mass is 9.76. The van der Waals surface area contributed by atoms with Crippen LogP contribution in [0.1, 0.15) is 76.2 Å². The lowest BCUT2D eigenvalue weighted by Crippen LogP contribution is -2.41. The van der Waals surface area contributed by atoms with Gasteiger partial charge in [-0.05, 0) is 98.2 Å². The number of aromatic nitrogens is 2. The largest absolute Gasteiger partial charge is 0.464 e. The number of fused-ring (bicyclic) bond motifs is 3. The van der Waals surface area contributed by atoms with E-state index in [-0.39, 0.29) is 40.7 Å². The number of pyridine rings is 2. The Kier molecular flexibility index (Phi) is 7.69. The van der Waals surface area contributed by atoms with E-state index in [1.165, 1.54) is 4.57 Å². The van der Waals surface area contributed by atoms with Crippen LogP contribution < -0.4 is 10.7 Å². The summed E-state index contributed by atoms with van der Waals surface area (Å²) in [6.45, 7) is 0. The van der Waals surface area contributed by atoms with Crippen LogP contribution in [0.25, 0.3) is 16.7 Å². The molecule has 4 aromatic rings. The van der Waals surface area contributed by atoms with Gasteiger partial charge in [0, 0.05) is 29.3 Å². The third kappa shape index (κ3) is 5.71. The number of amides is 1. The van der Waals surface area contributed by atoms with Gasteiger partial charge in [-0.3, -0.25) is 14.2 Å². The van der Waals surface area contributed by atoms with E-state index in [1.807, 2.05) is 0 Å². The summed E-state index contributed by atoms with van der Waals surface area (Å²) in [7, 11) is 1.13. The number of carbonyl (C=O) groups excluding carboxylic acids is 2. The summed E-state index contributed by atoms with van der Waals surface area (Å²) in [6, 6.07) is 16.8. The van der Waals surface area contributed by atoms with Crippen molar-refractivity contribution in [2.75, 3.05) is 7.11 Å². The van der Waals surface area contributed by atoms with Crippen LogP contribution in [0.5, 0.6) is 0 Å². The maximum atomic E-state index is 13.9. The number of hydrogen-bond acceptors (Lipinski definition) is 6. The smallest absolute Gasteiger partial charge is 0.433 e. The second kappa shape index (κ2) is 11.6. The average molecular weight is 646 g/mol. The zero-order valence-electron chi connectivity index (χ0n) is 25.7. The third-order valence-electron chi connectivity index (χ3n) is 10.3. The molecular weight excluding hydrogens is 611 g/mol. The van der Waals surface area contributed by atoms with Crippen molar-refractivity contribution in [3.05, 3.63) is 105 Å². The first-order valence-corrected chi connectivity index (χ1v) is 15.9. The van der Waals surface area contributed by atoms with Gasteiger partial charge in [0.1, 0.15) is 17.0 Å². The van der Waals surface area contributed by atoms with Crippen molar-refractivity contribution < 1.29 is 32.6 Å². The van der Waals surface area contributed by atoms with E-state index in [9.17, 15) is 32.7 Å². The maximum Gasteiger partial charge on any atom is 0.433 e. The van der Waals surface area contributed by atoms with Crippen molar-refractivity contribution in [2.24, 2.45) is 17.8 Å². The molecule has 3 saturated carbocycles. The highest BCUT2D eigenvalue weighted by Crippen LogP contribution is 2.55. The average Bonchev–Trinajstić information content (AvgIpc) is 3.33. The molecule has 7 rings (SSSR count). The third-order valence-corrected chi connectivity index (χ3v) is 10.3. The van der Waals surface area contributed by atoms with E-state index in [0.717, 1.165) is 51.3 Å². The first-order chi connectivity index (χ1) is 22.4. The summed E-state index contributed by atoms with van der Waals surface area (Å²) in [5, 5.41) is 14.2. The number of hydrogen-bond donors (Lipinski definition) is 2. The number of methoxy groups -OCH3 is 1. The highest BCUT2D eigenvalue weighted by Gasteiger charge is 2.52. The molecule has 11 heteroatoms. The van der Waals surface area contributed by atoms with Crippen LogP contribution in [0.4, 0.5) is 13.2 Å². The molecule has 2 N–H and O–H groups in total. The molecule has 0 spiro atoms. The molecule has 3 aliphatic carbocycles.